The average molecular weight is 443 g/mol. The predicted molar refractivity (Wildman–Crippen MR) is 127 cm³/mol. The van der Waals surface area contributed by atoms with Gasteiger partial charge in [-0.1, -0.05) is 36.4 Å². The second-order valence-electron chi connectivity index (χ2n) is 7.86. The summed E-state index contributed by atoms with van der Waals surface area (Å²) in [4.78, 5) is 14.6. The number of hydrogen-bond acceptors (Lipinski definition) is 5. The number of nitrogens with zero attached hydrogens (tertiary/aromatic N) is 1. The molecule has 4 rings (SSSR count). The molecule has 0 aliphatic carbocycles. The van der Waals surface area contributed by atoms with E-state index in [0.717, 1.165) is 17.9 Å². The van der Waals surface area contributed by atoms with E-state index >= 15 is 0 Å². The summed E-state index contributed by atoms with van der Waals surface area (Å²) in [6, 6.07) is 16.7. The largest absolute Gasteiger partial charge is 0.484 e. The number of carbonyl (C=O) groups is 1. The van der Waals surface area contributed by atoms with Crippen molar-refractivity contribution >= 4 is 29.4 Å². The Balaban J connectivity index is 1.17. The number of rotatable bonds is 8. The van der Waals surface area contributed by atoms with Crippen LogP contribution in [0, 0.1) is 0 Å². The van der Waals surface area contributed by atoms with Crippen LogP contribution in [-0.4, -0.2) is 42.0 Å². The summed E-state index contributed by atoms with van der Waals surface area (Å²) in [5, 5.41) is 2.94. The molecular weight excluding hydrogens is 412 g/mol. The molecule has 0 radical (unpaired) electrons. The maximum atomic E-state index is 12.2. The maximum Gasteiger partial charge on any atom is 0.258 e. The number of hydrogen-bond donors (Lipinski definition) is 1. The van der Waals surface area contributed by atoms with Crippen LogP contribution in [0.2, 0.25) is 0 Å². The van der Waals surface area contributed by atoms with E-state index in [-0.39, 0.29) is 12.5 Å². The Morgan fingerprint density at radius 1 is 0.933 bits per heavy atom. The van der Waals surface area contributed by atoms with Crippen LogP contribution >= 0.6 is 23.5 Å². The van der Waals surface area contributed by atoms with Crippen molar-refractivity contribution < 1.29 is 9.53 Å². The molecule has 0 saturated carbocycles. The van der Waals surface area contributed by atoms with E-state index in [4.69, 9.17) is 4.74 Å². The molecule has 2 heterocycles. The first kappa shape index (κ1) is 21.6. The number of nitrogens with one attached hydrogen (secondary N) is 1. The molecule has 1 N–H and O–H groups in total. The van der Waals surface area contributed by atoms with E-state index in [1.54, 1.807) is 0 Å². The first-order valence-electron chi connectivity index (χ1n) is 10.8. The summed E-state index contributed by atoms with van der Waals surface area (Å²) >= 11 is 4.02. The van der Waals surface area contributed by atoms with Crippen LogP contribution in [0.3, 0.4) is 0 Å². The van der Waals surface area contributed by atoms with Gasteiger partial charge in [0.25, 0.3) is 5.91 Å². The van der Waals surface area contributed by atoms with Gasteiger partial charge in [0.1, 0.15) is 5.75 Å². The van der Waals surface area contributed by atoms with E-state index in [1.165, 1.54) is 55.0 Å². The van der Waals surface area contributed by atoms with Crippen molar-refractivity contribution in [1.29, 1.82) is 0 Å². The van der Waals surface area contributed by atoms with Gasteiger partial charge in [-0.25, -0.2) is 0 Å². The third-order valence-electron chi connectivity index (χ3n) is 5.47. The zero-order chi connectivity index (χ0) is 20.6. The van der Waals surface area contributed by atoms with Crippen molar-refractivity contribution in [2.45, 2.75) is 36.9 Å². The highest BCUT2D eigenvalue weighted by Gasteiger charge is 2.16. The maximum absolute atomic E-state index is 12.2. The summed E-state index contributed by atoms with van der Waals surface area (Å²) in [5.74, 6) is 3.11. The minimum Gasteiger partial charge on any atom is -0.484 e. The lowest BCUT2D eigenvalue weighted by Crippen LogP contribution is -2.28. The first-order chi connectivity index (χ1) is 14.8. The number of amides is 1. The molecule has 2 fully saturated rings. The molecule has 6 heteroatoms. The molecule has 2 aromatic rings. The van der Waals surface area contributed by atoms with Crippen molar-refractivity contribution in [1.82, 2.24) is 10.2 Å². The van der Waals surface area contributed by atoms with Gasteiger partial charge in [0.15, 0.2) is 6.61 Å². The Morgan fingerprint density at radius 2 is 1.60 bits per heavy atom. The fourth-order valence-corrected chi connectivity index (χ4v) is 6.66. The zero-order valence-electron chi connectivity index (χ0n) is 17.3. The predicted octanol–water partition coefficient (Wildman–Crippen LogP) is 4.85. The fraction of sp³-hybridized carbons (Fsp3) is 0.458. The standard InChI is InChI=1S/C24H30N2O2S2/c27-23(18-28-22-10-8-21(9-11-22)24-29-14-3-15-30-24)25-16-19-4-6-20(7-5-19)17-26-12-1-2-13-26/h4-11,24H,1-3,12-18H2,(H,25,27). The van der Waals surface area contributed by atoms with Crippen molar-refractivity contribution in [2.24, 2.45) is 0 Å². The molecule has 0 atom stereocenters. The summed E-state index contributed by atoms with van der Waals surface area (Å²) in [5.41, 5.74) is 3.78. The van der Waals surface area contributed by atoms with Crippen LogP contribution in [0.4, 0.5) is 0 Å². The molecular formula is C24H30N2O2S2. The molecule has 0 spiro atoms. The number of likely N-dealkylation sites (tertiary alicyclic amines) is 1. The monoisotopic (exact) mass is 442 g/mol. The molecule has 30 heavy (non-hydrogen) atoms. The highest BCUT2D eigenvalue weighted by Crippen LogP contribution is 2.43. The lowest BCUT2D eigenvalue weighted by Gasteiger charge is -2.21. The molecule has 2 saturated heterocycles. The molecule has 0 bridgehead atoms. The third-order valence-corrected chi connectivity index (χ3v) is 8.48. The van der Waals surface area contributed by atoms with E-state index in [2.05, 4.69) is 46.6 Å². The number of benzene rings is 2. The Hall–Kier alpha value is -1.63. The molecule has 4 nitrogen and oxygen atoms in total. The number of carbonyl (C=O) groups excluding carboxylic acids is 1. The van der Waals surface area contributed by atoms with Gasteiger partial charge in [-0.15, -0.1) is 23.5 Å². The summed E-state index contributed by atoms with van der Waals surface area (Å²) in [6.45, 7) is 4.01. The third kappa shape index (κ3) is 6.43. The van der Waals surface area contributed by atoms with E-state index < -0.39 is 0 Å². The van der Waals surface area contributed by atoms with Crippen LogP contribution in [-0.2, 0) is 17.9 Å². The Morgan fingerprint density at radius 3 is 2.30 bits per heavy atom. The molecule has 2 aliphatic rings. The van der Waals surface area contributed by atoms with E-state index in [0.29, 0.717) is 11.1 Å². The molecule has 2 aromatic carbocycles. The second-order valence-corrected chi connectivity index (χ2v) is 10.6. The highest BCUT2D eigenvalue weighted by molar-refractivity contribution is 8.16. The Bertz CT molecular complexity index is 799. The average Bonchev–Trinajstić information content (AvgIpc) is 3.31. The SMILES string of the molecule is O=C(COc1ccc(C2SCCCS2)cc1)NCc1ccc(CN2CCCC2)cc1. The lowest BCUT2D eigenvalue weighted by atomic mass is 10.1. The second kappa shape index (κ2) is 11.1. The van der Waals surface area contributed by atoms with Crippen molar-refractivity contribution in [3.8, 4) is 5.75 Å². The Labute approximate surface area is 188 Å². The normalized spacial score (nSPS) is 17.7. The molecule has 0 aromatic heterocycles. The summed E-state index contributed by atoms with van der Waals surface area (Å²) in [7, 11) is 0. The van der Waals surface area contributed by atoms with Crippen molar-refractivity contribution in [3.05, 3.63) is 65.2 Å². The summed E-state index contributed by atoms with van der Waals surface area (Å²) < 4.78 is 6.19. The van der Waals surface area contributed by atoms with E-state index in [1.807, 2.05) is 35.7 Å². The number of thioether (sulfide) groups is 2. The van der Waals surface area contributed by atoms with Crippen molar-refractivity contribution in [2.75, 3.05) is 31.2 Å². The van der Waals surface area contributed by atoms with Gasteiger partial charge in [0.2, 0.25) is 0 Å². The van der Waals surface area contributed by atoms with Crippen LogP contribution in [0.25, 0.3) is 0 Å². The lowest BCUT2D eigenvalue weighted by molar-refractivity contribution is -0.123. The van der Waals surface area contributed by atoms with Crippen LogP contribution in [0.15, 0.2) is 48.5 Å². The van der Waals surface area contributed by atoms with Crippen molar-refractivity contribution in [3.63, 3.8) is 0 Å². The fourth-order valence-electron chi connectivity index (χ4n) is 3.76. The van der Waals surface area contributed by atoms with Crippen LogP contribution in [0.5, 0.6) is 5.75 Å². The highest BCUT2D eigenvalue weighted by atomic mass is 32.2. The van der Waals surface area contributed by atoms with Crippen LogP contribution in [0.1, 0.15) is 40.5 Å². The van der Waals surface area contributed by atoms with Gasteiger partial charge in [-0.2, -0.15) is 0 Å². The molecule has 160 valence electrons. The van der Waals surface area contributed by atoms with Gasteiger partial charge in [-0.3, -0.25) is 9.69 Å². The first-order valence-corrected chi connectivity index (χ1v) is 12.9. The van der Waals surface area contributed by atoms with Gasteiger partial charge < -0.3 is 10.1 Å². The summed E-state index contributed by atoms with van der Waals surface area (Å²) in [6.07, 6.45) is 3.93. The smallest absolute Gasteiger partial charge is 0.258 e. The van der Waals surface area contributed by atoms with E-state index in [9.17, 15) is 4.79 Å². The van der Waals surface area contributed by atoms with Gasteiger partial charge >= 0.3 is 0 Å². The topological polar surface area (TPSA) is 41.6 Å². The van der Waals surface area contributed by atoms with Gasteiger partial charge in [0, 0.05) is 13.1 Å². The number of ether oxygens (including phenoxy) is 1. The molecule has 2 aliphatic heterocycles. The van der Waals surface area contributed by atoms with Crippen LogP contribution < -0.4 is 10.1 Å². The van der Waals surface area contributed by atoms with Gasteiger partial charge in [-0.05, 0) is 72.7 Å². The minimum absolute atomic E-state index is 0.0410. The Kier molecular flexibility index (Phi) is 8.01. The minimum atomic E-state index is -0.0985. The zero-order valence-corrected chi connectivity index (χ0v) is 19.0. The molecule has 0 unspecified atom stereocenters. The molecule has 1 amide bonds. The quantitative estimate of drug-likeness (QED) is 0.633. The van der Waals surface area contributed by atoms with Gasteiger partial charge in [0.05, 0.1) is 4.58 Å².